The van der Waals surface area contributed by atoms with Crippen LogP contribution >= 0.6 is 11.3 Å². The molecule has 0 fully saturated rings. The largest absolute Gasteiger partial charge is 0.361 e. The molecule has 0 radical (unpaired) electrons. The standard InChI is InChI=1S/C29H25N3O2S/c1-32(29(34)27-16-9-17-35-27)26-15-8-6-13-22(26)28(33)31-18-23(20-10-3-2-4-11-20)24-19-30-25-14-7-5-12-21(24)25/h2-17,19,23,30H,18H2,1H3,(H,31,33). The number of carbonyl (C=O) groups is 2. The van der Waals surface area contributed by atoms with Crippen molar-refractivity contribution in [1.29, 1.82) is 0 Å². The molecule has 0 aliphatic carbocycles. The number of rotatable bonds is 7. The fraction of sp³-hybridized carbons (Fsp3) is 0.103. The molecule has 5 aromatic rings. The minimum Gasteiger partial charge on any atom is -0.361 e. The van der Waals surface area contributed by atoms with Gasteiger partial charge in [0.25, 0.3) is 11.8 Å². The van der Waals surface area contributed by atoms with Gasteiger partial charge in [-0.1, -0.05) is 66.7 Å². The van der Waals surface area contributed by atoms with Crippen molar-refractivity contribution in [1.82, 2.24) is 10.3 Å². The number of anilines is 1. The first-order chi connectivity index (χ1) is 17.1. The topological polar surface area (TPSA) is 65.2 Å². The van der Waals surface area contributed by atoms with Crippen LogP contribution in [0.3, 0.4) is 0 Å². The molecule has 3 aromatic carbocycles. The number of para-hydroxylation sites is 2. The van der Waals surface area contributed by atoms with Crippen LogP contribution in [0, 0.1) is 0 Å². The average molecular weight is 480 g/mol. The highest BCUT2D eigenvalue weighted by Gasteiger charge is 2.23. The molecule has 0 saturated carbocycles. The first kappa shape index (κ1) is 22.6. The summed E-state index contributed by atoms with van der Waals surface area (Å²) in [5, 5.41) is 6.14. The van der Waals surface area contributed by atoms with Crippen molar-refractivity contribution >= 4 is 39.7 Å². The summed E-state index contributed by atoms with van der Waals surface area (Å²) in [5.74, 6) is -0.387. The third-order valence-corrected chi connectivity index (χ3v) is 7.07. The predicted octanol–water partition coefficient (Wildman–Crippen LogP) is 6.07. The van der Waals surface area contributed by atoms with E-state index in [9.17, 15) is 9.59 Å². The van der Waals surface area contributed by atoms with Gasteiger partial charge in [0, 0.05) is 36.6 Å². The number of carbonyl (C=O) groups excluding carboxylic acids is 2. The maximum atomic E-state index is 13.4. The zero-order valence-electron chi connectivity index (χ0n) is 19.3. The lowest BCUT2D eigenvalue weighted by Gasteiger charge is -2.21. The second kappa shape index (κ2) is 9.99. The van der Waals surface area contributed by atoms with Gasteiger partial charge in [0.1, 0.15) is 0 Å². The first-order valence-electron chi connectivity index (χ1n) is 11.4. The molecule has 35 heavy (non-hydrogen) atoms. The number of nitrogens with one attached hydrogen (secondary N) is 2. The number of aromatic nitrogens is 1. The van der Waals surface area contributed by atoms with Crippen LogP contribution in [0.25, 0.3) is 10.9 Å². The maximum Gasteiger partial charge on any atom is 0.268 e. The Morgan fingerprint density at radius 1 is 0.914 bits per heavy atom. The zero-order chi connectivity index (χ0) is 24.2. The molecule has 1 unspecified atom stereocenters. The minimum atomic E-state index is -0.216. The molecule has 0 aliphatic rings. The lowest BCUT2D eigenvalue weighted by molar-refractivity contribution is 0.0953. The number of benzene rings is 3. The number of hydrogen-bond donors (Lipinski definition) is 2. The van der Waals surface area contributed by atoms with Gasteiger partial charge in [-0.15, -0.1) is 11.3 Å². The lowest BCUT2D eigenvalue weighted by Crippen LogP contribution is -2.32. The summed E-state index contributed by atoms with van der Waals surface area (Å²) in [6.07, 6.45) is 2.02. The monoisotopic (exact) mass is 479 g/mol. The number of fused-ring (bicyclic) bond motifs is 1. The van der Waals surface area contributed by atoms with E-state index in [4.69, 9.17) is 0 Å². The highest BCUT2D eigenvalue weighted by Crippen LogP contribution is 2.31. The van der Waals surface area contributed by atoms with Crippen molar-refractivity contribution in [2.45, 2.75) is 5.92 Å². The van der Waals surface area contributed by atoms with E-state index in [2.05, 4.69) is 34.6 Å². The van der Waals surface area contributed by atoms with Gasteiger partial charge in [-0.25, -0.2) is 0 Å². The Morgan fingerprint density at radius 3 is 2.46 bits per heavy atom. The zero-order valence-corrected chi connectivity index (χ0v) is 20.1. The molecule has 0 bridgehead atoms. The Hall–Kier alpha value is -4.16. The van der Waals surface area contributed by atoms with E-state index >= 15 is 0 Å². The van der Waals surface area contributed by atoms with Crippen LogP contribution in [0.1, 0.15) is 37.1 Å². The van der Waals surface area contributed by atoms with E-state index in [1.807, 2.05) is 60.1 Å². The summed E-state index contributed by atoms with van der Waals surface area (Å²) >= 11 is 1.38. The van der Waals surface area contributed by atoms with Gasteiger partial charge in [-0.3, -0.25) is 9.59 Å². The van der Waals surface area contributed by atoms with Crippen LogP contribution < -0.4 is 10.2 Å². The third kappa shape index (κ3) is 4.61. The van der Waals surface area contributed by atoms with E-state index in [-0.39, 0.29) is 17.7 Å². The molecule has 0 spiro atoms. The number of aromatic amines is 1. The van der Waals surface area contributed by atoms with Crippen LogP contribution in [0.4, 0.5) is 5.69 Å². The summed E-state index contributed by atoms with van der Waals surface area (Å²) in [5.41, 5.74) is 4.35. The van der Waals surface area contributed by atoms with E-state index < -0.39 is 0 Å². The first-order valence-corrected chi connectivity index (χ1v) is 12.3. The number of nitrogens with zero attached hydrogens (tertiary/aromatic N) is 1. The average Bonchev–Trinajstić information content (AvgIpc) is 3.59. The smallest absolute Gasteiger partial charge is 0.268 e. The van der Waals surface area contributed by atoms with Gasteiger partial charge < -0.3 is 15.2 Å². The van der Waals surface area contributed by atoms with Crippen LogP contribution in [0.2, 0.25) is 0 Å². The fourth-order valence-electron chi connectivity index (χ4n) is 4.40. The van der Waals surface area contributed by atoms with E-state index in [1.54, 1.807) is 25.2 Å². The van der Waals surface area contributed by atoms with Crippen molar-refractivity contribution in [3.05, 3.63) is 124 Å². The fourth-order valence-corrected chi connectivity index (χ4v) is 5.10. The molecule has 5 rings (SSSR count). The Balaban J connectivity index is 1.42. The number of H-pyrrole nitrogens is 1. The highest BCUT2D eigenvalue weighted by molar-refractivity contribution is 7.12. The SMILES string of the molecule is CN(C(=O)c1cccs1)c1ccccc1C(=O)NCC(c1ccccc1)c1c[nH]c2ccccc12. The Bertz CT molecular complexity index is 1460. The molecule has 2 amide bonds. The van der Waals surface area contributed by atoms with Crippen molar-refractivity contribution < 1.29 is 9.59 Å². The van der Waals surface area contributed by atoms with Crippen LogP contribution in [0.15, 0.2) is 103 Å². The molecule has 5 nitrogen and oxygen atoms in total. The van der Waals surface area contributed by atoms with Crippen LogP contribution in [-0.2, 0) is 0 Å². The molecule has 0 saturated heterocycles. The normalized spacial score (nSPS) is 11.8. The molecule has 2 N–H and O–H groups in total. The molecule has 6 heteroatoms. The predicted molar refractivity (Wildman–Crippen MR) is 142 cm³/mol. The van der Waals surface area contributed by atoms with Gasteiger partial charge in [0.05, 0.1) is 16.1 Å². The van der Waals surface area contributed by atoms with Crippen molar-refractivity contribution in [2.24, 2.45) is 0 Å². The van der Waals surface area contributed by atoms with Crippen LogP contribution in [-0.4, -0.2) is 30.4 Å². The second-order valence-electron chi connectivity index (χ2n) is 8.32. The summed E-state index contributed by atoms with van der Waals surface area (Å²) in [6.45, 7) is 0.418. The van der Waals surface area contributed by atoms with Gasteiger partial charge in [-0.2, -0.15) is 0 Å². The molecular formula is C29H25N3O2S. The maximum absolute atomic E-state index is 13.4. The molecule has 2 heterocycles. The van der Waals surface area contributed by atoms with Gasteiger partial charge in [0.2, 0.25) is 0 Å². The summed E-state index contributed by atoms with van der Waals surface area (Å²) in [4.78, 5) is 31.8. The Kier molecular flexibility index (Phi) is 6.46. The lowest BCUT2D eigenvalue weighted by atomic mass is 9.91. The van der Waals surface area contributed by atoms with Gasteiger partial charge in [-0.05, 0) is 40.8 Å². The van der Waals surface area contributed by atoms with E-state index in [0.29, 0.717) is 22.7 Å². The molecule has 2 aromatic heterocycles. The van der Waals surface area contributed by atoms with Gasteiger partial charge >= 0.3 is 0 Å². The van der Waals surface area contributed by atoms with E-state index in [0.717, 1.165) is 22.0 Å². The quantitative estimate of drug-likeness (QED) is 0.298. The Morgan fingerprint density at radius 2 is 1.66 bits per heavy atom. The van der Waals surface area contributed by atoms with Crippen molar-refractivity contribution in [3.63, 3.8) is 0 Å². The minimum absolute atomic E-state index is 0.0334. The molecular weight excluding hydrogens is 454 g/mol. The second-order valence-corrected chi connectivity index (χ2v) is 9.27. The summed E-state index contributed by atoms with van der Waals surface area (Å²) in [6, 6.07) is 29.2. The van der Waals surface area contributed by atoms with Crippen molar-refractivity contribution in [2.75, 3.05) is 18.5 Å². The number of amides is 2. The Labute approximate surface area is 208 Å². The van der Waals surface area contributed by atoms with E-state index in [1.165, 1.54) is 16.2 Å². The molecule has 1 atom stereocenters. The third-order valence-electron chi connectivity index (χ3n) is 6.21. The molecule has 174 valence electrons. The van der Waals surface area contributed by atoms with Gasteiger partial charge in [0.15, 0.2) is 0 Å². The number of thiophene rings is 1. The summed E-state index contributed by atoms with van der Waals surface area (Å²) < 4.78 is 0. The van der Waals surface area contributed by atoms with Crippen LogP contribution in [0.5, 0.6) is 0 Å². The highest BCUT2D eigenvalue weighted by atomic mass is 32.1. The number of hydrogen-bond acceptors (Lipinski definition) is 3. The molecule has 0 aliphatic heterocycles. The van der Waals surface area contributed by atoms with Crippen molar-refractivity contribution in [3.8, 4) is 0 Å². The summed E-state index contributed by atoms with van der Waals surface area (Å²) in [7, 11) is 1.70.